The Morgan fingerprint density at radius 2 is 1.65 bits per heavy atom. The van der Waals surface area contributed by atoms with Gasteiger partial charge in [0.05, 0.1) is 22.4 Å². The van der Waals surface area contributed by atoms with Crippen molar-refractivity contribution < 1.29 is 14.8 Å². The van der Waals surface area contributed by atoms with Gasteiger partial charge in [-0.3, -0.25) is 10.1 Å². The summed E-state index contributed by atoms with van der Waals surface area (Å²) >= 11 is 0. The van der Waals surface area contributed by atoms with Crippen LogP contribution < -0.4 is 0 Å². The summed E-state index contributed by atoms with van der Waals surface area (Å²) in [6, 6.07) is 12.5. The monoisotopic (exact) mass is 309 g/mol. The topological polar surface area (TPSA) is 109 Å². The number of nitrogens with one attached hydrogen (secondary N) is 1. The van der Waals surface area contributed by atoms with Gasteiger partial charge in [0.15, 0.2) is 0 Å². The summed E-state index contributed by atoms with van der Waals surface area (Å²) in [4.78, 5) is 28.4. The molecule has 114 valence electrons. The molecule has 2 N–H and O–H groups in total. The number of H-pyrrole nitrogens is 1. The number of benzene rings is 2. The summed E-state index contributed by atoms with van der Waals surface area (Å²) < 4.78 is 0. The minimum atomic E-state index is -0.979. The van der Waals surface area contributed by atoms with Crippen LogP contribution in [0.4, 0.5) is 5.69 Å². The Labute approximate surface area is 130 Å². The molecule has 0 bridgehead atoms. The molecular weight excluding hydrogens is 298 g/mol. The molecule has 2 aromatic carbocycles. The number of nitrogens with zero attached hydrogens (tertiary/aromatic N) is 2. The maximum absolute atomic E-state index is 10.8. The van der Waals surface area contributed by atoms with Gasteiger partial charge in [0.25, 0.3) is 5.69 Å². The van der Waals surface area contributed by atoms with E-state index in [1.54, 1.807) is 30.5 Å². The van der Waals surface area contributed by atoms with E-state index in [9.17, 15) is 14.9 Å². The molecule has 0 aliphatic carbocycles. The third kappa shape index (κ3) is 2.93. The number of hydrogen-bond donors (Lipinski definition) is 2. The number of carbonyl (C=O) groups is 1. The van der Waals surface area contributed by atoms with E-state index in [1.165, 1.54) is 24.3 Å². The van der Waals surface area contributed by atoms with Crippen LogP contribution >= 0.6 is 0 Å². The summed E-state index contributed by atoms with van der Waals surface area (Å²) in [5.74, 6) is -0.398. The van der Waals surface area contributed by atoms with Crippen LogP contribution in [-0.2, 0) is 0 Å². The summed E-state index contributed by atoms with van der Waals surface area (Å²) in [6.07, 6.45) is 1.63. The average molecular weight is 309 g/mol. The first-order valence-corrected chi connectivity index (χ1v) is 6.68. The number of aromatic carboxylic acids is 1. The highest BCUT2D eigenvalue weighted by molar-refractivity contribution is 5.88. The number of aromatic amines is 1. The second-order valence-electron chi connectivity index (χ2n) is 4.83. The van der Waals surface area contributed by atoms with Crippen molar-refractivity contribution in [3.05, 3.63) is 70.4 Å². The summed E-state index contributed by atoms with van der Waals surface area (Å²) in [5.41, 5.74) is 2.49. The molecule has 0 aliphatic rings. The first-order valence-electron chi connectivity index (χ1n) is 6.68. The maximum Gasteiger partial charge on any atom is 0.335 e. The lowest BCUT2D eigenvalue weighted by molar-refractivity contribution is -0.384. The van der Waals surface area contributed by atoms with Crippen molar-refractivity contribution >= 4 is 11.7 Å². The zero-order valence-corrected chi connectivity index (χ0v) is 11.8. The molecule has 7 nitrogen and oxygen atoms in total. The number of carboxylic acid groups (broad SMARTS) is 1. The van der Waals surface area contributed by atoms with Crippen LogP contribution in [0.1, 0.15) is 10.4 Å². The Morgan fingerprint density at radius 1 is 1.04 bits per heavy atom. The zero-order chi connectivity index (χ0) is 16.4. The van der Waals surface area contributed by atoms with Gasteiger partial charge in [0.2, 0.25) is 0 Å². The molecule has 0 atom stereocenters. The lowest BCUT2D eigenvalue weighted by Crippen LogP contribution is -1.94. The Balaban J connectivity index is 1.87. The van der Waals surface area contributed by atoms with Gasteiger partial charge >= 0.3 is 5.97 Å². The normalized spacial score (nSPS) is 10.4. The summed E-state index contributed by atoms with van der Waals surface area (Å²) in [5, 5.41) is 19.5. The number of imidazole rings is 1. The number of non-ortho nitro benzene ring substituents is 1. The SMILES string of the molecule is O=C(O)c1ccc(-c2cnc(-c3ccc([N+](=O)[O-])cc3)[nH]2)cc1. The molecule has 0 saturated heterocycles. The van der Waals surface area contributed by atoms with Crippen molar-refractivity contribution in [1.82, 2.24) is 9.97 Å². The first kappa shape index (κ1) is 14.5. The van der Waals surface area contributed by atoms with Crippen LogP contribution in [0.2, 0.25) is 0 Å². The van der Waals surface area contributed by atoms with Gasteiger partial charge in [0.1, 0.15) is 5.82 Å². The molecule has 0 saturated carbocycles. The third-order valence-electron chi connectivity index (χ3n) is 3.37. The molecule has 0 aliphatic heterocycles. The van der Waals surface area contributed by atoms with Crippen LogP contribution in [-0.4, -0.2) is 26.0 Å². The molecule has 0 spiro atoms. The van der Waals surface area contributed by atoms with E-state index < -0.39 is 10.9 Å². The fourth-order valence-electron chi connectivity index (χ4n) is 2.15. The minimum absolute atomic E-state index is 0.0183. The minimum Gasteiger partial charge on any atom is -0.478 e. The first-order chi connectivity index (χ1) is 11.0. The van der Waals surface area contributed by atoms with Gasteiger partial charge in [-0.2, -0.15) is 0 Å². The predicted molar refractivity (Wildman–Crippen MR) is 83.1 cm³/mol. The summed E-state index contributed by atoms with van der Waals surface area (Å²) in [6.45, 7) is 0. The van der Waals surface area contributed by atoms with Crippen LogP contribution in [0.5, 0.6) is 0 Å². The largest absolute Gasteiger partial charge is 0.478 e. The molecule has 0 amide bonds. The number of aromatic nitrogens is 2. The van der Waals surface area contributed by atoms with Crippen molar-refractivity contribution in [2.45, 2.75) is 0 Å². The highest BCUT2D eigenvalue weighted by Crippen LogP contribution is 2.24. The average Bonchev–Trinajstić information content (AvgIpc) is 3.05. The molecule has 0 fully saturated rings. The standard InChI is InChI=1S/C16H11N3O4/c20-16(21)12-3-1-10(2-4-12)14-9-17-15(18-14)11-5-7-13(8-6-11)19(22)23/h1-9H,(H,17,18)(H,20,21). The highest BCUT2D eigenvalue weighted by Gasteiger charge is 2.09. The van der Waals surface area contributed by atoms with E-state index in [0.717, 1.165) is 16.8 Å². The maximum atomic E-state index is 10.8. The van der Waals surface area contributed by atoms with E-state index in [2.05, 4.69) is 9.97 Å². The van der Waals surface area contributed by atoms with E-state index in [0.29, 0.717) is 5.82 Å². The quantitative estimate of drug-likeness (QED) is 0.567. The molecule has 7 heteroatoms. The van der Waals surface area contributed by atoms with Gasteiger partial charge in [-0.1, -0.05) is 12.1 Å². The Hall–Kier alpha value is -3.48. The molecule has 23 heavy (non-hydrogen) atoms. The molecular formula is C16H11N3O4. The molecule has 3 aromatic rings. The van der Waals surface area contributed by atoms with Crippen molar-refractivity contribution in [1.29, 1.82) is 0 Å². The Bertz CT molecular complexity index is 795. The number of carboxylic acids is 1. The highest BCUT2D eigenvalue weighted by atomic mass is 16.6. The number of rotatable bonds is 4. The van der Waals surface area contributed by atoms with E-state index in [-0.39, 0.29) is 11.3 Å². The van der Waals surface area contributed by atoms with Crippen molar-refractivity contribution in [3.8, 4) is 22.6 Å². The van der Waals surface area contributed by atoms with Gasteiger partial charge in [0, 0.05) is 17.7 Å². The van der Waals surface area contributed by atoms with Crippen LogP contribution in [0.15, 0.2) is 54.7 Å². The van der Waals surface area contributed by atoms with Crippen LogP contribution in [0.3, 0.4) is 0 Å². The van der Waals surface area contributed by atoms with Gasteiger partial charge < -0.3 is 10.1 Å². The van der Waals surface area contributed by atoms with Crippen molar-refractivity contribution in [2.24, 2.45) is 0 Å². The molecule has 0 radical (unpaired) electrons. The zero-order valence-electron chi connectivity index (χ0n) is 11.8. The van der Waals surface area contributed by atoms with Gasteiger partial charge in [-0.05, 0) is 29.8 Å². The number of nitro groups is 1. The second kappa shape index (κ2) is 5.72. The lowest BCUT2D eigenvalue weighted by Gasteiger charge is -1.99. The van der Waals surface area contributed by atoms with Crippen molar-refractivity contribution in [3.63, 3.8) is 0 Å². The summed E-state index contributed by atoms with van der Waals surface area (Å²) in [7, 11) is 0. The fourth-order valence-corrected chi connectivity index (χ4v) is 2.15. The number of nitro benzene ring substituents is 1. The smallest absolute Gasteiger partial charge is 0.335 e. The van der Waals surface area contributed by atoms with Crippen LogP contribution in [0, 0.1) is 10.1 Å². The van der Waals surface area contributed by atoms with Crippen molar-refractivity contribution in [2.75, 3.05) is 0 Å². The Kier molecular flexibility index (Phi) is 3.60. The number of hydrogen-bond acceptors (Lipinski definition) is 4. The van der Waals surface area contributed by atoms with E-state index in [1.807, 2.05) is 0 Å². The van der Waals surface area contributed by atoms with E-state index >= 15 is 0 Å². The lowest BCUT2D eigenvalue weighted by atomic mass is 10.1. The van der Waals surface area contributed by atoms with E-state index in [4.69, 9.17) is 5.11 Å². The van der Waals surface area contributed by atoms with Crippen LogP contribution in [0.25, 0.3) is 22.6 Å². The Morgan fingerprint density at radius 3 is 2.22 bits per heavy atom. The molecule has 3 rings (SSSR count). The second-order valence-corrected chi connectivity index (χ2v) is 4.83. The van der Waals surface area contributed by atoms with Gasteiger partial charge in [-0.25, -0.2) is 9.78 Å². The molecule has 1 aromatic heterocycles. The van der Waals surface area contributed by atoms with Gasteiger partial charge in [-0.15, -0.1) is 0 Å². The third-order valence-corrected chi connectivity index (χ3v) is 3.37. The molecule has 0 unspecified atom stereocenters. The fraction of sp³-hybridized carbons (Fsp3) is 0. The molecule has 1 heterocycles. The predicted octanol–water partition coefficient (Wildman–Crippen LogP) is 3.35.